The van der Waals surface area contributed by atoms with E-state index in [-0.39, 0.29) is 17.7 Å². The van der Waals surface area contributed by atoms with Crippen molar-refractivity contribution in [3.8, 4) is 0 Å². The summed E-state index contributed by atoms with van der Waals surface area (Å²) in [7, 11) is 1.60. The van der Waals surface area contributed by atoms with Gasteiger partial charge in [-0.05, 0) is 51.9 Å². The molecule has 5 nitrogen and oxygen atoms in total. The zero-order valence-electron chi connectivity index (χ0n) is 14.9. The first-order valence-electron chi connectivity index (χ1n) is 8.76. The van der Waals surface area contributed by atoms with Crippen molar-refractivity contribution in [2.45, 2.75) is 77.4 Å². The van der Waals surface area contributed by atoms with Gasteiger partial charge in [-0.15, -0.1) is 0 Å². The van der Waals surface area contributed by atoms with Crippen LogP contribution in [0, 0.1) is 11.3 Å². The summed E-state index contributed by atoms with van der Waals surface area (Å²) in [6, 6.07) is -0.305. The summed E-state index contributed by atoms with van der Waals surface area (Å²) in [4.78, 5) is 24.6. The second-order valence-corrected chi connectivity index (χ2v) is 8.19. The van der Waals surface area contributed by atoms with Gasteiger partial charge in [-0.3, -0.25) is 4.79 Å². The highest BCUT2D eigenvalue weighted by molar-refractivity contribution is 5.83. The molecule has 2 aliphatic rings. The summed E-state index contributed by atoms with van der Waals surface area (Å²) in [6.07, 6.45) is 6.97. The molecule has 0 aromatic carbocycles. The topological polar surface area (TPSA) is 64.6 Å². The van der Waals surface area contributed by atoms with Crippen molar-refractivity contribution in [3.05, 3.63) is 0 Å². The predicted molar refractivity (Wildman–Crippen MR) is 88.3 cm³/mol. The molecule has 5 heteroatoms. The molecular weight excluding hydrogens is 294 g/mol. The summed E-state index contributed by atoms with van der Waals surface area (Å²) >= 11 is 0. The van der Waals surface area contributed by atoms with Crippen LogP contribution in [0.2, 0.25) is 0 Å². The summed E-state index contributed by atoms with van der Waals surface area (Å²) in [5, 5.41) is 2.87. The van der Waals surface area contributed by atoms with Gasteiger partial charge in [0, 0.05) is 19.4 Å². The molecule has 132 valence electrons. The molecular formula is C18H31NO4. The standard InChI is InChI=1S/C18H31NO4/c1-17(2,3)23-16(21)19-14(12-22-4)13-11-18(8-5-6-9-18)10-7-15(13)20/h13-14H,5-12H2,1-4H3,(H,19,21). The van der Waals surface area contributed by atoms with E-state index in [0.717, 1.165) is 12.8 Å². The minimum atomic E-state index is -0.551. The fraction of sp³-hybridized carbons (Fsp3) is 0.889. The Bertz CT molecular complexity index is 435. The molecule has 0 aromatic rings. The van der Waals surface area contributed by atoms with Gasteiger partial charge in [0.1, 0.15) is 11.4 Å². The molecule has 1 spiro atoms. The second-order valence-electron chi connectivity index (χ2n) is 8.19. The monoisotopic (exact) mass is 325 g/mol. The Kier molecular flexibility index (Phi) is 5.71. The predicted octanol–water partition coefficient (Wildman–Crippen LogP) is 3.46. The Morgan fingerprint density at radius 1 is 1.30 bits per heavy atom. The molecule has 0 saturated heterocycles. The van der Waals surface area contributed by atoms with Crippen molar-refractivity contribution in [1.82, 2.24) is 5.32 Å². The molecule has 0 heterocycles. The Morgan fingerprint density at radius 2 is 1.96 bits per heavy atom. The third-order valence-corrected chi connectivity index (χ3v) is 5.17. The van der Waals surface area contributed by atoms with E-state index in [9.17, 15) is 9.59 Å². The Labute approximate surface area is 139 Å². The lowest BCUT2D eigenvalue weighted by atomic mass is 9.66. The van der Waals surface area contributed by atoms with Crippen molar-refractivity contribution in [2.24, 2.45) is 11.3 Å². The number of ketones is 1. The van der Waals surface area contributed by atoms with Gasteiger partial charge in [0.25, 0.3) is 0 Å². The third-order valence-electron chi connectivity index (χ3n) is 5.17. The number of Topliss-reactive ketones (excluding diaryl/α,β-unsaturated/α-hetero) is 1. The maximum absolute atomic E-state index is 12.5. The molecule has 2 aliphatic carbocycles. The van der Waals surface area contributed by atoms with Gasteiger partial charge in [0.05, 0.1) is 12.6 Å². The summed E-state index contributed by atoms with van der Waals surface area (Å²) < 4.78 is 10.6. The third kappa shape index (κ3) is 4.93. The number of nitrogens with one attached hydrogen (secondary N) is 1. The van der Waals surface area contributed by atoms with Crippen LogP contribution < -0.4 is 5.32 Å². The van der Waals surface area contributed by atoms with Crippen LogP contribution in [0.25, 0.3) is 0 Å². The van der Waals surface area contributed by atoms with Crippen LogP contribution in [0.15, 0.2) is 0 Å². The van der Waals surface area contributed by atoms with Gasteiger partial charge in [-0.1, -0.05) is 12.8 Å². The highest BCUT2D eigenvalue weighted by Gasteiger charge is 2.44. The highest BCUT2D eigenvalue weighted by atomic mass is 16.6. The Morgan fingerprint density at radius 3 is 2.52 bits per heavy atom. The first kappa shape index (κ1) is 18.2. The van der Waals surface area contributed by atoms with Gasteiger partial charge in [0.15, 0.2) is 0 Å². The van der Waals surface area contributed by atoms with Crippen LogP contribution in [0.1, 0.15) is 65.7 Å². The SMILES string of the molecule is COCC(NC(=O)OC(C)(C)C)C1CC2(CCCC2)CCC1=O. The van der Waals surface area contributed by atoms with Crippen LogP contribution >= 0.6 is 0 Å². The van der Waals surface area contributed by atoms with E-state index in [1.54, 1.807) is 7.11 Å². The fourth-order valence-corrected chi connectivity index (χ4v) is 4.10. The molecule has 2 fully saturated rings. The largest absolute Gasteiger partial charge is 0.444 e. The van der Waals surface area contributed by atoms with Gasteiger partial charge in [0.2, 0.25) is 0 Å². The zero-order valence-corrected chi connectivity index (χ0v) is 14.9. The fourth-order valence-electron chi connectivity index (χ4n) is 4.10. The first-order chi connectivity index (χ1) is 10.7. The minimum absolute atomic E-state index is 0.158. The number of amides is 1. The average molecular weight is 325 g/mol. The van der Waals surface area contributed by atoms with Crippen LogP contribution in [0.3, 0.4) is 0 Å². The Balaban J connectivity index is 2.05. The van der Waals surface area contributed by atoms with E-state index >= 15 is 0 Å². The van der Waals surface area contributed by atoms with Crippen LogP contribution in [0.5, 0.6) is 0 Å². The first-order valence-corrected chi connectivity index (χ1v) is 8.76. The molecule has 0 aromatic heterocycles. The van der Waals surface area contributed by atoms with Gasteiger partial charge >= 0.3 is 6.09 Å². The summed E-state index contributed by atoms with van der Waals surface area (Å²) in [6.45, 7) is 5.83. The molecule has 2 rings (SSSR count). The van der Waals surface area contributed by atoms with E-state index in [1.807, 2.05) is 20.8 Å². The van der Waals surface area contributed by atoms with Crippen LogP contribution in [-0.2, 0) is 14.3 Å². The molecule has 1 amide bonds. The number of hydrogen-bond acceptors (Lipinski definition) is 4. The number of ether oxygens (including phenoxy) is 2. The lowest BCUT2D eigenvalue weighted by Crippen LogP contribution is -2.50. The molecule has 0 aliphatic heterocycles. The second kappa shape index (κ2) is 7.20. The number of alkyl carbamates (subject to hydrolysis) is 1. The van der Waals surface area contributed by atoms with Crippen molar-refractivity contribution < 1.29 is 19.1 Å². The molecule has 2 unspecified atom stereocenters. The molecule has 2 saturated carbocycles. The van der Waals surface area contributed by atoms with Crippen LogP contribution in [-0.4, -0.2) is 37.2 Å². The maximum atomic E-state index is 12.5. The number of hydrogen-bond donors (Lipinski definition) is 1. The zero-order chi connectivity index (χ0) is 17.1. The van der Waals surface area contributed by atoms with Crippen LogP contribution in [0.4, 0.5) is 4.79 Å². The highest BCUT2D eigenvalue weighted by Crippen LogP contribution is 2.50. The maximum Gasteiger partial charge on any atom is 0.407 e. The quantitative estimate of drug-likeness (QED) is 0.860. The van der Waals surface area contributed by atoms with E-state index in [1.165, 1.54) is 25.7 Å². The van der Waals surface area contributed by atoms with Crippen molar-refractivity contribution in [1.29, 1.82) is 0 Å². The van der Waals surface area contributed by atoms with E-state index < -0.39 is 11.7 Å². The van der Waals surface area contributed by atoms with Crippen molar-refractivity contribution in [3.63, 3.8) is 0 Å². The molecule has 1 N–H and O–H groups in total. The molecule has 23 heavy (non-hydrogen) atoms. The smallest absolute Gasteiger partial charge is 0.407 e. The van der Waals surface area contributed by atoms with Gasteiger partial charge in [-0.2, -0.15) is 0 Å². The number of carbonyl (C=O) groups excluding carboxylic acids is 2. The number of rotatable bonds is 4. The average Bonchev–Trinajstić information content (AvgIpc) is 2.88. The summed E-state index contributed by atoms with van der Waals surface area (Å²) in [5.41, 5.74) is -0.245. The molecule has 0 bridgehead atoms. The van der Waals surface area contributed by atoms with E-state index in [0.29, 0.717) is 18.4 Å². The van der Waals surface area contributed by atoms with E-state index in [4.69, 9.17) is 9.47 Å². The van der Waals surface area contributed by atoms with Gasteiger partial charge < -0.3 is 14.8 Å². The molecule has 2 atom stereocenters. The number of carbonyl (C=O) groups is 2. The van der Waals surface area contributed by atoms with Crippen molar-refractivity contribution in [2.75, 3.05) is 13.7 Å². The van der Waals surface area contributed by atoms with Gasteiger partial charge in [-0.25, -0.2) is 4.79 Å². The normalized spacial score (nSPS) is 25.4. The molecule has 0 radical (unpaired) electrons. The minimum Gasteiger partial charge on any atom is -0.444 e. The van der Waals surface area contributed by atoms with E-state index in [2.05, 4.69) is 5.32 Å². The summed E-state index contributed by atoms with van der Waals surface area (Å²) in [5.74, 6) is 0.0925. The lowest BCUT2D eigenvalue weighted by molar-refractivity contribution is -0.129. The Hall–Kier alpha value is -1.10. The van der Waals surface area contributed by atoms with Crippen molar-refractivity contribution >= 4 is 11.9 Å². The lowest BCUT2D eigenvalue weighted by Gasteiger charge is -2.40. The number of methoxy groups -OCH3 is 1.